The Morgan fingerprint density at radius 3 is 2.62 bits per heavy atom. The van der Waals surface area contributed by atoms with Gasteiger partial charge in [0.2, 0.25) is 15.9 Å². The first-order valence-corrected chi connectivity index (χ1v) is 10.3. The number of anilines is 1. The van der Waals surface area contributed by atoms with Crippen LogP contribution in [0.15, 0.2) is 52.3 Å². The van der Waals surface area contributed by atoms with E-state index in [9.17, 15) is 13.2 Å². The zero-order chi connectivity index (χ0) is 18.7. The summed E-state index contributed by atoms with van der Waals surface area (Å²) in [6.45, 7) is 2.79. The van der Waals surface area contributed by atoms with E-state index in [2.05, 4.69) is 5.32 Å². The van der Waals surface area contributed by atoms with Gasteiger partial charge in [-0.1, -0.05) is 6.07 Å². The number of hydrogen-bond donors (Lipinski definition) is 2. The maximum absolute atomic E-state index is 12.4. The maximum Gasteiger partial charge on any atom is 0.238 e. The number of carbonyl (C=O) groups is 1. The number of fused-ring (bicyclic) bond motifs is 1. The van der Waals surface area contributed by atoms with Crippen molar-refractivity contribution in [1.29, 1.82) is 0 Å². The molecule has 0 saturated carbocycles. The van der Waals surface area contributed by atoms with E-state index in [1.54, 1.807) is 13.0 Å². The van der Waals surface area contributed by atoms with Crippen LogP contribution >= 0.6 is 11.8 Å². The number of ether oxygens (including phenoxy) is 2. The van der Waals surface area contributed by atoms with E-state index >= 15 is 0 Å². The van der Waals surface area contributed by atoms with Crippen molar-refractivity contribution in [2.75, 3.05) is 18.5 Å². The number of primary sulfonamides is 1. The first kappa shape index (κ1) is 18.6. The lowest BCUT2D eigenvalue weighted by Gasteiger charge is -2.19. The molecule has 1 aliphatic heterocycles. The summed E-state index contributed by atoms with van der Waals surface area (Å²) < 4.78 is 33.8. The Morgan fingerprint density at radius 2 is 1.88 bits per heavy atom. The van der Waals surface area contributed by atoms with Crippen molar-refractivity contribution in [2.24, 2.45) is 5.14 Å². The highest BCUT2D eigenvalue weighted by Gasteiger charge is 2.18. The molecule has 1 heterocycles. The van der Waals surface area contributed by atoms with E-state index in [-0.39, 0.29) is 10.8 Å². The predicted molar refractivity (Wildman–Crippen MR) is 99.2 cm³/mol. The Hall–Kier alpha value is -2.23. The van der Waals surface area contributed by atoms with Gasteiger partial charge in [-0.25, -0.2) is 13.6 Å². The van der Waals surface area contributed by atoms with Crippen LogP contribution in [0.3, 0.4) is 0 Å². The average molecular weight is 394 g/mol. The lowest BCUT2D eigenvalue weighted by atomic mass is 10.3. The van der Waals surface area contributed by atoms with Crippen molar-refractivity contribution in [1.82, 2.24) is 0 Å². The van der Waals surface area contributed by atoms with Crippen LogP contribution in [0.2, 0.25) is 0 Å². The molecule has 26 heavy (non-hydrogen) atoms. The van der Waals surface area contributed by atoms with Crippen LogP contribution in [-0.4, -0.2) is 32.8 Å². The van der Waals surface area contributed by atoms with E-state index in [0.717, 1.165) is 4.90 Å². The average Bonchev–Trinajstić information content (AvgIpc) is 2.61. The minimum Gasteiger partial charge on any atom is -0.486 e. The number of nitrogens with one attached hydrogen (secondary N) is 1. The van der Waals surface area contributed by atoms with Gasteiger partial charge in [0.25, 0.3) is 0 Å². The maximum atomic E-state index is 12.4. The molecule has 0 radical (unpaired) electrons. The molecule has 0 aromatic heterocycles. The molecule has 2 aromatic carbocycles. The predicted octanol–water partition coefficient (Wildman–Crippen LogP) is 2.22. The SMILES string of the molecule is CC(Sc1ccc2c(c1)OCCO2)C(=O)Nc1cccc(S(N)(=O)=O)c1. The third-order valence-electron chi connectivity index (χ3n) is 3.63. The lowest BCUT2D eigenvalue weighted by Crippen LogP contribution is -2.22. The van der Waals surface area contributed by atoms with Gasteiger partial charge in [-0.15, -0.1) is 11.8 Å². The summed E-state index contributed by atoms with van der Waals surface area (Å²) in [4.78, 5) is 13.2. The van der Waals surface area contributed by atoms with Crippen molar-refractivity contribution >= 4 is 33.4 Å². The smallest absolute Gasteiger partial charge is 0.238 e. The standard InChI is InChI=1S/C17H18N2O5S2/c1-11(25-13-5-6-15-16(10-13)24-8-7-23-15)17(20)19-12-3-2-4-14(9-12)26(18,21)22/h2-6,9-11H,7-8H2,1H3,(H,19,20)(H2,18,21,22). The van der Waals surface area contributed by atoms with Gasteiger partial charge in [-0.2, -0.15) is 0 Å². The Bertz CT molecular complexity index is 931. The van der Waals surface area contributed by atoms with E-state index in [1.807, 2.05) is 18.2 Å². The van der Waals surface area contributed by atoms with Crippen LogP contribution in [0.4, 0.5) is 5.69 Å². The molecule has 1 unspecified atom stereocenters. The molecule has 0 spiro atoms. The van der Waals surface area contributed by atoms with Gasteiger partial charge in [0.15, 0.2) is 11.5 Å². The molecule has 0 aliphatic carbocycles. The van der Waals surface area contributed by atoms with Gasteiger partial charge in [-0.3, -0.25) is 4.79 Å². The number of sulfonamides is 1. The molecule has 2 aromatic rings. The van der Waals surface area contributed by atoms with Crippen LogP contribution < -0.4 is 19.9 Å². The van der Waals surface area contributed by atoms with Gasteiger partial charge < -0.3 is 14.8 Å². The molecule has 1 aliphatic rings. The van der Waals surface area contributed by atoms with Gasteiger partial charge in [-0.05, 0) is 43.3 Å². The van der Waals surface area contributed by atoms with Crippen molar-refractivity contribution in [3.8, 4) is 11.5 Å². The largest absolute Gasteiger partial charge is 0.486 e. The molecule has 3 rings (SSSR count). The van der Waals surface area contributed by atoms with Crippen LogP contribution in [-0.2, 0) is 14.8 Å². The lowest BCUT2D eigenvalue weighted by molar-refractivity contribution is -0.115. The number of benzene rings is 2. The van der Waals surface area contributed by atoms with Crippen molar-refractivity contribution in [3.63, 3.8) is 0 Å². The highest BCUT2D eigenvalue weighted by molar-refractivity contribution is 8.00. The summed E-state index contributed by atoms with van der Waals surface area (Å²) in [6.07, 6.45) is 0. The summed E-state index contributed by atoms with van der Waals surface area (Å²) >= 11 is 1.36. The number of thioether (sulfide) groups is 1. The van der Waals surface area contributed by atoms with Crippen LogP contribution in [0.5, 0.6) is 11.5 Å². The zero-order valence-corrected chi connectivity index (χ0v) is 15.6. The number of rotatable bonds is 5. The molecular formula is C17H18N2O5S2. The quantitative estimate of drug-likeness (QED) is 0.753. The fourth-order valence-corrected chi connectivity index (χ4v) is 3.80. The number of carbonyl (C=O) groups excluding carboxylic acids is 1. The summed E-state index contributed by atoms with van der Waals surface area (Å²) in [5, 5.41) is 7.40. The molecular weight excluding hydrogens is 376 g/mol. The topological polar surface area (TPSA) is 108 Å². The van der Waals surface area contributed by atoms with E-state index in [0.29, 0.717) is 30.4 Å². The molecule has 7 nitrogen and oxygen atoms in total. The Kier molecular flexibility index (Phi) is 5.40. The van der Waals surface area contributed by atoms with Crippen LogP contribution in [0.1, 0.15) is 6.92 Å². The van der Waals surface area contributed by atoms with Gasteiger partial charge in [0.1, 0.15) is 13.2 Å². The molecule has 1 amide bonds. The summed E-state index contributed by atoms with van der Waals surface area (Å²) in [5.74, 6) is 1.10. The Morgan fingerprint density at radius 1 is 1.15 bits per heavy atom. The van der Waals surface area contributed by atoms with Crippen molar-refractivity contribution < 1.29 is 22.7 Å². The Balaban J connectivity index is 1.67. The summed E-state index contributed by atoms with van der Waals surface area (Å²) in [5.41, 5.74) is 0.371. The molecule has 1 atom stereocenters. The minimum atomic E-state index is -3.82. The van der Waals surface area contributed by atoms with E-state index < -0.39 is 15.3 Å². The fourth-order valence-electron chi connectivity index (χ4n) is 2.35. The summed E-state index contributed by atoms with van der Waals surface area (Å²) in [6, 6.07) is 11.3. The minimum absolute atomic E-state index is 0.0533. The molecule has 0 fully saturated rings. The third kappa shape index (κ3) is 4.48. The highest BCUT2D eigenvalue weighted by atomic mass is 32.2. The van der Waals surface area contributed by atoms with Gasteiger partial charge in [0.05, 0.1) is 10.1 Å². The van der Waals surface area contributed by atoms with Gasteiger partial charge >= 0.3 is 0 Å². The van der Waals surface area contributed by atoms with E-state index in [1.165, 1.54) is 30.0 Å². The second-order valence-corrected chi connectivity index (χ2v) is 8.60. The monoisotopic (exact) mass is 394 g/mol. The highest BCUT2D eigenvalue weighted by Crippen LogP contribution is 2.35. The number of amides is 1. The van der Waals surface area contributed by atoms with Crippen molar-refractivity contribution in [3.05, 3.63) is 42.5 Å². The second kappa shape index (κ2) is 7.56. The number of nitrogens with two attached hydrogens (primary N) is 1. The van der Waals surface area contributed by atoms with E-state index in [4.69, 9.17) is 14.6 Å². The Labute approximate surface area is 155 Å². The second-order valence-electron chi connectivity index (χ2n) is 5.63. The van der Waals surface area contributed by atoms with Crippen LogP contribution in [0, 0.1) is 0 Å². The third-order valence-corrected chi connectivity index (χ3v) is 5.63. The first-order valence-electron chi connectivity index (χ1n) is 7.83. The fraction of sp³-hybridized carbons (Fsp3) is 0.235. The molecule has 0 bridgehead atoms. The normalized spacial score (nSPS) is 14.5. The molecule has 0 saturated heterocycles. The first-order chi connectivity index (χ1) is 12.3. The molecule has 9 heteroatoms. The molecule has 138 valence electrons. The number of hydrogen-bond acceptors (Lipinski definition) is 6. The van der Waals surface area contributed by atoms with Crippen molar-refractivity contribution in [2.45, 2.75) is 22.0 Å². The summed E-state index contributed by atoms with van der Waals surface area (Å²) in [7, 11) is -3.82. The molecule has 3 N–H and O–H groups in total. The van der Waals surface area contributed by atoms with Crippen LogP contribution in [0.25, 0.3) is 0 Å². The zero-order valence-electron chi connectivity index (χ0n) is 14.0. The van der Waals surface area contributed by atoms with Gasteiger partial charge in [0, 0.05) is 10.6 Å².